The minimum absolute atomic E-state index is 0.500. The van der Waals surface area contributed by atoms with Crippen LogP contribution < -0.4 is 0 Å². The number of nitrogens with zero attached hydrogens (tertiary/aromatic N) is 3. The summed E-state index contributed by atoms with van der Waals surface area (Å²) in [4.78, 5) is 0. The van der Waals surface area contributed by atoms with Gasteiger partial charge < -0.3 is 0 Å². The maximum absolute atomic E-state index is 5.92. The Balaban J connectivity index is 2.94. The smallest absolute Gasteiger partial charge is 0.115 e. The van der Waals surface area contributed by atoms with Crippen molar-refractivity contribution in [3.05, 3.63) is 27.9 Å². The molecule has 0 atom stereocenters. The number of aromatic nitrogens is 3. The van der Waals surface area contributed by atoms with E-state index in [2.05, 4.69) is 15.4 Å². The highest BCUT2D eigenvalue weighted by Crippen LogP contribution is 2.26. The van der Waals surface area contributed by atoms with Crippen molar-refractivity contribution in [2.45, 2.75) is 6.92 Å². The normalized spacial score (nSPS) is 10.7. The lowest BCUT2D eigenvalue weighted by Crippen LogP contribution is -1.93. The number of aryl methyl sites for hydroxylation is 1. The lowest BCUT2D eigenvalue weighted by molar-refractivity contribution is 0.870. The third kappa shape index (κ3) is 1.45. The summed E-state index contributed by atoms with van der Waals surface area (Å²) in [6, 6.07) is 3.42. The lowest BCUT2D eigenvalue weighted by atomic mass is 10.2. The summed E-state index contributed by atoms with van der Waals surface area (Å²) in [6.45, 7) is 1.84. The van der Waals surface area contributed by atoms with Crippen LogP contribution in [-0.2, 0) is 0 Å². The molecule has 66 valence electrons. The molecule has 0 bridgehead atoms. The second-order valence-electron chi connectivity index (χ2n) is 2.66. The van der Waals surface area contributed by atoms with Crippen molar-refractivity contribution in [3.8, 4) is 0 Å². The van der Waals surface area contributed by atoms with Gasteiger partial charge in [-0.1, -0.05) is 23.2 Å². The maximum Gasteiger partial charge on any atom is 0.115 e. The van der Waals surface area contributed by atoms with E-state index in [0.29, 0.717) is 15.6 Å². The van der Waals surface area contributed by atoms with Gasteiger partial charge in [0.1, 0.15) is 5.52 Å². The third-order valence-electron chi connectivity index (χ3n) is 1.76. The summed E-state index contributed by atoms with van der Waals surface area (Å²) in [5.41, 5.74) is 1.41. The molecule has 2 aromatic rings. The van der Waals surface area contributed by atoms with E-state index in [0.717, 1.165) is 11.1 Å². The van der Waals surface area contributed by atoms with Gasteiger partial charge in [-0.15, -0.1) is 10.2 Å². The number of hydrogen-bond donors (Lipinski definition) is 0. The third-order valence-corrected chi connectivity index (χ3v) is 2.26. The first-order chi connectivity index (χ1) is 6.18. The highest BCUT2D eigenvalue weighted by molar-refractivity contribution is 6.38. The van der Waals surface area contributed by atoms with Gasteiger partial charge in [-0.2, -0.15) is 0 Å². The van der Waals surface area contributed by atoms with Crippen LogP contribution in [0.4, 0.5) is 0 Å². The number of benzene rings is 1. The van der Waals surface area contributed by atoms with Crippen molar-refractivity contribution in [2.75, 3.05) is 0 Å². The second-order valence-corrected chi connectivity index (χ2v) is 3.50. The van der Waals surface area contributed by atoms with Gasteiger partial charge in [-0.05, 0) is 24.3 Å². The average molecular weight is 214 g/mol. The Morgan fingerprint density at radius 1 is 1.15 bits per heavy atom. The zero-order valence-corrected chi connectivity index (χ0v) is 8.26. The van der Waals surface area contributed by atoms with E-state index in [1.807, 2.05) is 6.92 Å². The molecule has 5 heteroatoms. The van der Waals surface area contributed by atoms with E-state index in [1.54, 1.807) is 12.1 Å². The fourth-order valence-electron chi connectivity index (χ4n) is 1.13. The average Bonchev–Trinajstić information content (AvgIpc) is 2.07. The number of rotatable bonds is 0. The van der Waals surface area contributed by atoms with Gasteiger partial charge in [-0.25, -0.2) is 0 Å². The Morgan fingerprint density at radius 2 is 1.92 bits per heavy atom. The second kappa shape index (κ2) is 3.09. The molecule has 0 aliphatic heterocycles. The highest BCUT2D eigenvalue weighted by Gasteiger charge is 2.05. The Labute approximate surface area is 84.7 Å². The fourth-order valence-corrected chi connectivity index (χ4v) is 1.66. The standard InChI is InChI=1S/C8H5Cl2N3/c1-4-6-2-5(9)3-7(10)8(6)12-13-11-4/h2-3H,1H3. The van der Waals surface area contributed by atoms with Crippen LogP contribution in [0.15, 0.2) is 12.1 Å². The van der Waals surface area contributed by atoms with E-state index < -0.39 is 0 Å². The van der Waals surface area contributed by atoms with Gasteiger partial charge in [0.15, 0.2) is 0 Å². The molecule has 0 unspecified atom stereocenters. The summed E-state index contributed by atoms with van der Waals surface area (Å²) in [5.74, 6) is 0. The largest absolute Gasteiger partial charge is 0.135 e. The molecule has 0 N–H and O–H groups in total. The van der Waals surface area contributed by atoms with Crippen molar-refractivity contribution in [3.63, 3.8) is 0 Å². The number of hydrogen-bond acceptors (Lipinski definition) is 3. The van der Waals surface area contributed by atoms with Gasteiger partial charge in [0.2, 0.25) is 0 Å². The zero-order chi connectivity index (χ0) is 9.42. The first-order valence-corrected chi connectivity index (χ1v) is 4.39. The maximum atomic E-state index is 5.92. The lowest BCUT2D eigenvalue weighted by Gasteiger charge is -2.00. The van der Waals surface area contributed by atoms with E-state index in [9.17, 15) is 0 Å². The van der Waals surface area contributed by atoms with E-state index in [-0.39, 0.29) is 0 Å². The first kappa shape index (κ1) is 8.66. The van der Waals surface area contributed by atoms with Crippen molar-refractivity contribution < 1.29 is 0 Å². The molecule has 0 spiro atoms. The van der Waals surface area contributed by atoms with Crippen LogP contribution in [-0.4, -0.2) is 15.4 Å². The van der Waals surface area contributed by atoms with Gasteiger partial charge in [0, 0.05) is 10.4 Å². The zero-order valence-electron chi connectivity index (χ0n) is 6.75. The summed E-state index contributed by atoms with van der Waals surface area (Å²) in [5, 5.41) is 13.1. The molecule has 2 rings (SSSR count). The predicted molar refractivity (Wildman–Crippen MR) is 52.1 cm³/mol. The molecule has 0 aliphatic carbocycles. The molecule has 3 nitrogen and oxygen atoms in total. The molecule has 1 heterocycles. The molecule has 13 heavy (non-hydrogen) atoms. The minimum Gasteiger partial charge on any atom is -0.135 e. The summed E-state index contributed by atoms with van der Waals surface area (Å²) >= 11 is 11.8. The fraction of sp³-hybridized carbons (Fsp3) is 0.125. The van der Waals surface area contributed by atoms with Crippen molar-refractivity contribution in [1.82, 2.24) is 15.4 Å². The molecule has 0 saturated heterocycles. The van der Waals surface area contributed by atoms with Gasteiger partial charge in [0.05, 0.1) is 10.7 Å². The van der Waals surface area contributed by atoms with E-state index in [4.69, 9.17) is 23.2 Å². The molecule has 0 fully saturated rings. The van der Waals surface area contributed by atoms with Gasteiger partial charge in [-0.3, -0.25) is 0 Å². The van der Waals surface area contributed by atoms with Crippen molar-refractivity contribution in [1.29, 1.82) is 0 Å². The van der Waals surface area contributed by atoms with Gasteiger partial charge in [0.25, 0.3) is 0 Å². The van der Waals surface area contributed by atoms with Crippen LogP contribution in [0.25, 0.3) is 10.9 Å². The molecular formula is C8H5Cl2N3. The molecular weight excluding hydrogens is 209 g/mol. The topological polar surface area (TPSA) is 38.7 Å². The minimum atomic E-state index is 0.500. The first-order valence-electron chi connectivity index (χ1n) is 3.63. The van der Waals surface area contributed by atoms with E-state index >= 15 is 0 Å². The predicted octanol–water partition coefficient (Wildman–Crippen LogP) is 2.64. The van der Waals surface area contributed by atoms with Crippen LogP contribution in [0.5, 0.6) is 0 Å². The van der Waals surface area contributed by atoms with Crippen molar-refractivity contribution in [2.24, 2.45) is 0 Å². The molecule has 0 amide bonds. The van der Waals surface area contributed by atoms with Crippen LogP contribution >= 0.6 is 23.2 Å². The Hall–Kier alpha value is -0.930. The number of halogens is 2. The summed E-state index contributed by atoms with van der Waals surface area (Å²) < 4.78 is 0. The van der Waals surface area contributed by atoms with Gasteiger partial charge >= 0.3 is 0 Å². The monoisotopic (exact) mass is 213 g/mol. The van der Waals surface area contributed by atoms with Crippen LogP contribution in [0.1, 0.15) is 5.69 Å². The SMILES string of the molecule is Cc1nnnc2c(Cl)cc(Cl)cc12. The van der Waals surface area contributed by atoms with Crippen LogP contribution in [0, 0.1) is 6.92 Å². The quantitative estimate of drug-likeness (QED) is 0.676. The van der Waals surface area contributed by atoms with Crippen molar-refractivity contribution >= 4 is 34.1 Å². The Morgan fingerprint density at radius 3 is 2.69 bits per heavy atom. The van der Waals surface area contributed by atoms with Crippen LogP contribution in [0.2, 0.25) is 10.0 Å². The molecule has 0 aliphatic rings. The molecule has 0 radical (unpaired) electrons. The molecule has 1 aromatic carbocycles. The Kier molecular flexibility index (Phi) is 2.06. The van der Waals surface area contributed by atoms with E-state index in [1.165, 1.54) is 0 Å². The highest BCUT2D eigenvalue weighted by atomic mass is 35.5. The summed E-state index contributed by atoms with van der Waals surface area (Å²) in [6.07, 6.45) is 0. The molecule has 1 aromatic heterocycles. The molecule has 0 saturated carbocycles. The Bertz CT molecular complexity index is 470. The van der Waals surface area contributed by atoms with Crippen LogP contribution in [0.3, 0.4) is 0 Å². The summed E-state index contributed by atoms with van der Waals surface area (Å²) in [7, 11) is 0. The number of fused-ring (bicyclic) bond motifs is 1.